The Morgan fingerprint density at radius 3 is 2.70 bits per heavy atom. The highest BCUT2D eigenvalue weighted by Crippen LogP contribution is 2.36. The van der Waals surface area contributed by atoms with Crippen molar-refractivity contribution in [2.75, 3.05) is 0 Å². The van der Waals surface area contributed by atoms with Crippen LogP contribution in [0.5, 0.6) is 11.8 Å². The van der Waals surface area contributed by atoms with E-state index in [-0.39, 0.29) is 6.08 Å². The lowest BCUT2D eigenvalue weighted by Crippen LogP contribution is -2.15. The van der Waals surface area contributed by atoms with Gasteiger partial charge in [0.2, 0.25) is 0 Å². The van der Waals surface area contributed by atoms with E-state index in [1.165, 1.54) is 25.0 Å². The average molecular weight is 334 g/mol. The summed E-state index contributed by atoms with van der Waals surface area (Å²) in [7, 11) is 0. The molecule has 1 aromatic heterocycles. The standard InChI is InChI=1S/C13H11Cl3N2O2/c14-9-3-11(16)12(4-10(9)15)20-13-18-8(6-19-13)5-17-7-1-2-7/h3-4,6-7,17H,1-2,5H2. The SMILES string of the molecule is Clc1cc(Cl)c(Oc2nc(CNC3CC3)co2)cc1Cl. The molecule has 4 nitrogen and oxygen atoms in total. The zero-order valence-corrected chi connectivity index (χ0v) is 12.6. The van der Waals surface area contributed by atoms with Crippen LogP contribution in [0.3, 0.4) is 0 Å². The van der Waals surface area contributed by atoms with Crippen molar-refractivity contribution >= 4 is 34.8 Å². The Kier molecular flexibility index (Phi) is 4.08. The number of rotatable bonds is 5. The zero-order chi connectivity index (χ0) is 14.1. The molecule has 1 aliphatic carbocycles. The number of nitrogens with zero attached hydrogens (tertiary/aromatic N) is 1. The van der Waals surface area contributed by atoms with Crippen LogP contribution in [-0.4, -0.2) is 11.0 Å². The third-order valence-corrected chi connectivity index (χ3v) is 3.87. The van der Waals surface area contributed by atoms with E-state index in [9.17, 15) is 0 Å². The minimum atomic E-state index is 0.123. The third kappa shape index (κ3) is 3.38. The van der Waals surface area contributed by atoms with Crippen LogP contribution in [0.1, 0.15) is 18.5 Å². The van der Waals surface area contributed by atoms with Crippen molar-refractivity contribution in [3.05, 3.63) is 39.2 Å². The molecule has 0 radical (unpaired) electrons. The molecule has 20 heavy (non-hydrogen) atoms. The second-order valence-corrected chi connectivity index (χ2v) is 5.78. The number of oxazole rings is 1. The first-order valence-corrected chi connectivity index (χ1v) is 7.25. The lowest BCUT2D eigenvalue weighted by atomic mass is 10.3. The summed E-state index contributed by atoms with van der Waals surface area (Å²) < 4.78 is 10.7. The summed E-state index contributed by atoms with van der Waals surface area (Å²) >= 11 is 17.8. The lowest BCUT2D eigenvalue weighted by Gasteiger charge is -2.05. The van der Waals surface area contributed by atoms with Crippen LogP contribution in [0.25, 0.3) is 0 Å². The van der Waals surface area contributed by atoms with Crippen molar-refractivity contribution in [2.24, 2.45) is 0 Å². The van der Waals surface area contributed by atoms with Crippen LogP contribution in [-0.2, 0) is 6.54 Å². The van der Waals surface area contributed by atoms with Crippen molar-refractivity contribution in [2.45, 2.75) is 25.4 Å². The van der Waals surface area contributed by atoms with Gasteiger partial charge in [-0.05, 0) is 18.9 Å². The number of nitrogens with one attached hydrogen (secondary N) is 1. The normalized spacial score (nSPS) is 14.6. The highest BCUT2D eigenvalue weighted by Gasteiger charge is 2.20. The molecule has 1 N–H and O–H groups in total. The number of ether oxygens (including phenoxy) is 1. The molecule has 1 heterocycles. The number of aromatic nitrogens is 1. The van der Waals surface area contributed by atoms with Crippen molar-refractivity contribution in [1.29, 1.82) is 0 Å². The van der Waals surface area contributed by atoms with E-state index in [0.29, 0.717) is 33.4 Å². The predicted octanol–water partition coefficient (Wildman–Crippen LogP) is 4.68. The Bertz CT molecular complexity index is 626. The monoisotopic (exact) mass is 332 g/mol. The maximum Gasteiger partial charge on any atom is 0.399 e. The van der Waals surface area contributed by atoms with Gasteiger partial charge >= 0.3 is 6.08 Å². The summed E-state index contributed by atoms with van der Waals surface area (Å²) in [6.45, 7) is 0.659. The molecule has 1 aliphatic rings. The molecule has 1 saturated carbocycles. The van der Waals surface area contributed by atoms with Gasteiger partial charge in [0.15, 0.2) is 5.75 Å². The summed E-state index contributed by atoms with van der Waals surface area (Å²) in [4.78, 5) is 4.21. The third-order valence-electron chi connectivity index (χ3n) is 2.85. The van der Waals surface area contributed by atoms with Crippen LogP contribution in [0.4, 0.5) is 0 Å². The molecule has 0 bridgehead atoms. The van der Waals surface area contributed by atoms with E-state index in [0.717, 1.165) is 5.69 Å². The summed E-state index contributed by atoms with van der Waals surface area (Å²) in [5.74, 6) is 0.351. The van der Waals surface area contributed by atoms with Gasteiger partial charge in [-0.2, -0.15) is 4.98 Å². The van der Waals surface area contributed by atoms with Crippen LogP contribution >= 0.6 is 34.8 Å². The van der Waals surface area contributed by atoms with Crippen molar-refractivity contribution in [3.63, 3.8) is 0 Å². The van der Waals surface area contributed by atoms with Gasteiger partial charge in [-0.1, -0.05) is 34.8 Å². The Labute approximate surface area is 131 Å². The Morgan fingerprint density at radius 1 is 1.20 bits per heavy atom. The van der Waals surface area contributed by atoms with E-state index in [1.807, 2.05) is 0 Å². The molecule has 7 heteroatoms. The van der Waals surface area contributed by atoms with E-state index in [2.05, 4.69) is 10.3 Å². The Morgan fingerprint density at radius 2 is 1.95 bits per heavy atom. The summed E-state index contributed by atoms with van der Waals surface area (Å²) in [5.41, 5.74) is 0.781. The van der Waals surface area contributed by atoms with Crippen LogP contribution < -0.4 is 10.1 Å². The summed E-state index contributed by atoms with van der Waals surface area (Å²) in [5, 5.41) is 4.40. The molecule has 0 atom stereocenters. The average Bonchev–Trinajstić information content (AvgIpc) is 3.14. The van der Waals surface area contributed by atoms with Crippen LogP contribution in [0.2, 0.25) is 15.1 Å². The molecule has 0 spiro atoms. The number of benzene rings is 1. The highest BCUT2D eigenvalue weighted by atomic mass is 35.5. The molecule has 0 saturated heterocycles. The molecule has 1 fully saturated rings. The lowest BCUT2D eigenvalue weighted by molar-refractivity contribution is 0.331. The molecule has 0 unspecified atom stereocenters. The van der Waals surface area contributed by atoms with Crippen molar-refractivity contribution in [3.8, 4) is 11.8 Å². The van der Waals surface area contributed by atoms with E-state index < -0.39 is 0 Å². The van der Waals surface area contributed by atoms with Gasteiger partial charge in [0.05, 0.1) is 20.8 Å². The molecular formula is C13H11Cl3N2O2. The maximum atomic E-state index is 6.02. The Balaban J connectivity index is 1.69. The molecule has 0 amide bonds. The van der Waals surface area contributed by atoms with Gasteiger partial charge in [-0.15, -0.1) is 0 Å². The molecule has 106 valence electrons. The minimum Gasteiger partial charge on any atom is -0.417 e. The van der Waals surface area contributed by atoms with Crippen molar-refractivity contribution < 1.29 is 9.15 Å². The van der Waals surface area contributed by atoms with Gasteiger partial charge < -0.3 is 14.5 Å². The second kappa shape index (κ2) is 5.82. The van der Waals surface area contributed by atoms with Gasteiger partial charge in [0.25, 0.3) is 0 Å². The number of hydrogen-bond donors (Lipinski definition) is 1. The smallest absolute Gasteiger partial charge is 0.399 e. The maximum absolute atomic E-state index is 6.02. The van der Waals surface area contributed by atoms with Gasteiger partial charge in [-0.25, -0.2) is 0 Å². The number of hydrogen-bond acceptors (Lipinski definition) is 4. The fourth-order valence-electron chi connectivity index (χ4n) is 1.63. The van der Waals surface area contributed by atoms with Crippen LogP contribution in [0.15, 0.2) is 22.8 Å². The fourth-order valence-corrected chi connectivity index (χ4v) is 2.20. The quantitative estimate of drug-likeness (QED) is 0.807. The van der Waals surface area contributed by atoms with E-state index >= 15 is 0 Å². The minimum absolute atomic E-state index is 0.123. The molecular weight excluding hydrogens is 323 g/mol. The predicted molar refractivity (Wildman–Crippen MR) is 77.9 cm³/mol. The first kappa shape index (κ1) is 14.0. The topological polar surface area (TPSA) is 47.3 Å². The van der Waals surface area contributed by atoms with Crippen molar-refractivity contribution in [1.82, 2.24) is 10.3 Å². The summed E-state index contributed by atoms with van der Waals surface area (Å²) in [6.07, 6.45) is 4.12. The first-order valence-electron chi connectivity index (χ1n) is 6.12. The highest BCUT2D eigenvalue weighted by molar-refractivity contribution is 6.43. The molecule has 1 aromatic carbocycles. The van der Waals surface area contributed by atoms with Gasteiger partial charge in [0.1, 0.15) is 6.26 Å². The Hall–Kier alpha value is -0.940. The second-order valence-electron chi connectivity index (χ2n) is 4.56. The molecule has 0 aliphatic heterocycles. The van der Waals surface area contributed by atoms with E-state index in [1.54, 1.807) is 6.26 Å². The molecule has 3 rings (SSSR count). The number of halogens is 3. The zero-order valence-electron chi connectivity index (χ0n) is 10.3. The largest absolute Gasteiger partial charge is 0.417 e. The first-order chi connectivity index (χ1) is 9.61. The van der Waals surface area contributed by atoms with Gasteiger partial charge in [0, 0.05) is 18.7 Å². The summed E-state index contributed by atoms with van der Waals surface area (Å²) in [6, 6.07) is 3.65. The van der Waals surface area contributed by atoms with Crippen LogP contribution in [0, 0.1) is 0 Å². The van der Waals surface area contributed by atoms with E-state index in [4.69, 9.17) is 44.0 Å². The fraction of sp³-hybridized carbons (Fsp3) is 0.308. The molecule has 2 aromatic rings. The van der Waals surface area contributed by atoms with Gasteiger partial charge in [-0.3, -0.25) is 0 Å².